The van der Waals surface area contributed by atoms with Crippen LogP contribution in [-0.2, 0) is 31.6 Å². The van der Waals surface area contributed by atoms with Crippen LogP contribution in [0, 0.1) is 0 Å². The van der Waals surface area contributed by atoms with E-state index >= 15 is 0 Å². The van der Waals surface area contributed by atoms with E-state index < -0.39 is 45.6 Å². The second kappa shape index (κ2) is 11.8. The average molecular weight is 634 g/mol. The van der Waals surface area contributed by atoms with Gasteiger partial charge in [-0.2, -0.15) is 30.6 Å². The predicted molar refractivity (Wildman–Crippen MR) is 146 cm³/mol. The molecule has 0 N–H and O–H groups in total. The molecular weight excluding hydrogens is 608 g/mol. The summed E-state index contributed by atoms with van der Waals surface area (Å²) in [6.45, 7) is 0.578. The third-order valence-electron chi connectivity index (χ3n) is 7.06. The Morgan fingerprint density at radius 3 is 2.26 bits per heavy atom. The molecule has 1 aromatic carbocycles. The van der Waals surface area contributed by atoms with Gasteiger partial charge in [-0.05, 0) is 49.2 Å². The Labute approximate surface area is 243 Å². The van der Waals surface area contributed by atoms with Gasteiger partial charge in [-0.3, -0.25) is 4.98 Å². The fourth-order valence-electron chi connectivity index (χ4n) is 4.74. The van der Waals surface area contributed by atoms with Crippen LogP contribution in [0.5, 0.6) is 0 Å². The van der Waals surface area contributed by atoms with Crippen LogP contribution >= 0.6 is 12.2 Å². The number of pyridine rings is 1. The van der Waals surface area contributed by atoms with Gasteiger partial charge in [0.05, 0.1) is 4.91 Å². The molecule has 0 saturated carbocycles. The van der Waals surface area contributed by atoms with Crippen LogP contribution in [0.2, 0.25) is 0 Å². The number of anilines is 1. The third kappa shape index (κ3) is 6.52. The van der Waals surface area contributed by atoms with Gasteiger partial charge in [-0.15, -0.1) is 0 Å². The number of carbonyl (C=O) groups excluding carboxylic acids is 1. The van der Waals surface area contributed by atoms with E-state index in [9.17, 15) is 39.6 Å². The Hall–Kier alpha value is -3.30. The number of hydrogen-bond donors (Lipinski definition) is 0. The van der Waals surface area contributed by atoms with Gasteiger partial charge >= 0.3 is 18.3 Å². The molecule has 1 aliphatic carbocycles. The summed E-state index contributed by atoms with van der Waals surface area (Å²) < 4.78 is 112. The number of esters is 1. The molecule has 2 aromatic rings. The molecule has 7 nitrogen and oxygen atoms in total. The molecule has 1 fully saturated rings. The maximum Gasteiger partial charge on any atom is 0.490 e. The molecule has 4 rings (SSSR count). The number of rotatable bonds is 7. The molecule has 226 valence electrons. The standard InChI is InChI=1S/C27H25F6N3O4S2/c1-25(27(31,32)33,40-24(37)26(28,29)30)19-6-8-20(9-7-19)36-15-14-35(17-21(36)16-18-10-12-34-13-11-18)42(38,39)23-5-3-2-4-22(23)41/h2-3,5-13,21H,4,14-17H2,1H3/t21-,25-/m0/s1. The molecule has 2 aliphatic rings. The minimum absolute atomic E-state index is 0.0273. The lowest BCUT2D eigenvalue weighted by molar-refractivity contribution is -0.285. The van der Waals surface area contributed by atoms with Crippen molar-refractivity contribution in [3.63, 3.8) is 0 Å². The lowest BCUT2D eigenvalue weighted by Gasteiger charge is -2.43. The van der Waals surface area contributed by atoms with E-state index in [1.165, 1.54) is 22.5 Å². The molecule has 1 aromatic heterocycles. The van der Waals surface area contributed by atoms with Crippen LogP contribution in [-0.4, -0.2) is 66.6 Å². The second-order valence-electron chi connectivity index (χ2n) is 9.82. The molecule has 0 amide bonds. The van der Waals surface area contributed by atoms with Crippen LogP contribution in [0.1, 0.15) is 24.5 Å². The number of sulfonamides is 1. The average Bonchev–Trinajstić information content (AvgIpc) is 2.92. The van der Waals surface area contributed by atoms with E-state index in [0.717, 1.165) is 17.7 Å². The van der Waals surface area contributed by atoms with E-state index in [1.807, 2.05) is 4.90 Å². The number of nitrogens with zero attached hydrogens (tertiary/aromatic N) is 3. The maximum atomic E-state index is 13.9. The van der Waals surface area contributed by atoms with Gasteiger partial charge in [0.15, 0.2) is 0 Å². The van der Waals surface area contributed by atoms with E-state index in [-0.39, 0.29) is 24.5 Å². The molecule has 2 heterocycles. The van der Waals surface area contributed by atoms with Crippen molar-refractivity contribution in [2.75, 3.05) is 24.5 Å². The second-order valence-corrected chi connectivity index (χ2v) is 12.2. The van der Waals surface area contributed by atoms with Gasteiger partial charge in [-0.25, -0.2) is 13.2 Å². The van der Waals surface area contributed by atoms with Crippen molar-refractivity contribution < 1.29 is 44.3 Å². The number of carbonyl (C=O) groups is 1. The Morgan fingerprint density at radius 1 is 1.05 bits per heavy atom. The van der Waals surface area contributed by atoms with Crippen LogP contribution in [0.15, 0.2) is 71.9 Å². The van der Waals surface area contributed by atoms with Crippen molar-refractivity contribution in [2.45, 2.75) is 43.8 Å². The molecule has 2 atom stereocenters. The number of ether oxygens (including phenoxy) is 1. The Balaban J connectivity index is 1.65. The first-order valence-corrected chi connectivity index (χ1v) is 14.4. The zero-order valence-electron chi connectivity index (χ0n) is 22.0. The van der Waals surface area contributed by atoms with Gasteiger partial charge in [-0.1, -0.05) is 36.5 Å². The largest absolute Gasteiger partial charge is 0.490 e. The van der Waals surface area contributed by atoms with E-state index in [2.05, 4.69) is 9.72 Å². The molecule has 1 saturated heterocycles. The number of alkyl halides is 6. The third-order valence-corrected chi connectivity index (χ3v) is 9.53. The highest BCUT2D eigenvalue weighted by atomic mass is 32.2. The number of allylic oxidation sites excluding steroid dienone is 4. The summed E-state index contributed by atoms with van der Waals surface area (Å²) in [7, 11) is -3.93. The lowest BCUT2D eigenvalue weighted by atomic mass is 9.94. The van der Waals surface area contributed by atoms with Crippen LogP contribution in [0.4, 0.5) is 32.0 Å². The smallest absolute Gasteiger partial charge is 0.438 e. The summed E-state index contributed by atoms with van der Waals surface area (Å²) in [6.07, 6.45) is -2.34. The number of aromatic nitrogens is 1. The van der Waals surface area contributed by atoms with Crippen molar-refractivity contribution in [3.8, 4) is 0 Å². The summed E-state index contributed by atoms with van der Waals surface area (Å²) >= 11 is 5.28. The van der Waals surface area contributed by atoms with Crippen molar-refractivity contribution in [1.29, 1.82) is 0 Å². The number of thiocarbonyl (C=S) groups is 1. The summed E-state index contributed by atoms with van der Waals surface area (Å²) in [5.41, 5.74) is -3.05. The minimum atomic E-state index is -5.62. The first kappa shape index (κ1) is 31.6. The zero-order chi connectivity index (χ0) is 30.9. The van der Waals surface area contributed by atoms with Crippen molar-refractivity contribution in [2.24, 2.45) is 0 Å². The SMILES string of the molecule is C[C@](OC(=O)C(F)(F)F)(c1ccc(N2CCN(S(=O)(=O)C3=CC=CCC3=S)C[C@@H]2Cc2ccncc2)cc1)C(F)(F)F. The molecule has 15 heteroatoms. The van der Waals surface area contributed by atoms with Crippen molar-refractivity contribution in [3.05, 3.63) is 83.1 Å². The number of piperazine rings is 1. The maximum absolute atomic E-state index is 13.9. The Morgan fingerprint density at radius 2 is 1.69 bits per heavy atom. The fraction of sp³-hybridized carbons (Fsp3) is 0.370. The summed E-state index contributed by atoms with van der Waals surface area (Å²) in [4.78, 5) is 17.5. The first-order chi connectivity index (χ1) is 19.5. The van der Waals surface area contributed by atoms with Crippen LogP contribution < -0.4 is 4.90 Å². The van der Waals surface area contributed by atoms with Gasteiger partial charge in [0.1, 0.15) is 0 Å². The molecule has 1 aliphatic heterocycles. The monoisotopic (exact) mass is 633 g/mol. The fourth-order valence-corrected chi connectivity index (χ4v) is 6.81. The molecule has 0 spiro atoms. The highest BCUT2D eigenvalue weighted by molar-refractivity contribution is 7.96. The van der Waals surface area contributed by atoms with Gasteiger partial charge in [0.25, 0.3) is 0 Å². The minimum Gasteiger partial charge on any atom is -0.438 e. The summed E-state index contributed by atoms with van der Waals surface area (Å²) in [6, 6.07) is 7.45. The zero-order valence-corrected chi connectivity index (χ0v) is 23.7. The molecule has 0 unspecified atom stereocenters. The Kier molecular flexibility index (Phi) is 8.86. The first-order valence-electron chi connectivity index (χ1n) is 12.6. The van der Waals surface area contributed by atoms with E-state index in [1.54, 1.807) is 36.7 Å². The molecule has 0 radical (unpaired) electrons. The van der Waals surface area contributed by atoms with E-state index in [4.69, 9.17) is 12.2 Å². The van der Waals surface area contributed by atoms with Crippen molar-refractivity contribution >= 4 is 38.8 Å². The number of benzene rings is 1. The van der Waals surface area contributed by atoms with Gasteiger partial charge < -0.3 is 9.64 Å². The summed E-state index contributed by atoms with van der Waals surface area (Å²) in [5.74, 6) is -2.97. The normalized spacial score (nSPS) is 20.2. The van der Waals surface area contributed by atoms with Crippen LogP contribution in [0.3, 0.4) is 0 Å². The van der Waals surface area contributed by atoms with E-state index in [0.29, 0.717) is 30.3 Å². The number of hydrogen-bond acceptors (Lipinski definition) is 7. The Bertz CT molecular complexity index is 1490. The molecule has 42 heavy (non-hydrogen) atoms. The quantitative estimate of drug-likeness (QED) is 0.235. The van der Waals surface area contributed by atoms with Gasteiger partial charge in [0, 0.05) is 60.6 Å². The molecular formula is C27H25F6N3O4S2. The van der Waals surface area contributed by atoms with Gasteiger partial charge in [0.2, 0.25) is 15.6 Å². The van der Waals surface area contributed by atoms with Crippen LogP contribution in [0.25, 0.3) is 0 Å². The topological polar surface area (TPSA) is 79.8 Å². The highest BCUT2D eigenvalue weighted by Crippen LogP contribution is 2.44. The highest BCUT2D eigenvalue weighted by Gasteiger charge is 2.59. The lowest BCUT2D eigenvalue weighted by Crippen LogP contribution is -2.56. The van der Waals surface area contributed by atoms with Crippen molar-refractivity contribution in [1.82, 2.24) is 9.29 Å². The summed E-state index contributed by atoms with van der Waals surface area (Å²) in [5, 5.41) is 0. The molecule has 0 bridgehead atoms. The predicted octanol–water partition coefficient (Wildman–Crippen LogP) is 5.24. The number of halogens is 6.